The molecule has 0 fully saturated rings. The van der Waals surface area contributed by atoms with Crippen molar-refractivity contribution < 1.29 is 13.2 Å². The summed E-state index contributed by atoms with van der Waals surface area (Å²) in [6, 6.07) is 5.69. The van der Waals surface area contributed by atoms with Gasteiger partial charge in [0.05, 0.1) is 10.9 Å². The van der Waals surface area contributed by atoms with E-state index < -0.39 is 11.7 Å². The summed E-state index contributed by atoms with van der Waals surface area (Å²) >= 11 is 0. The molecule has 0 bridgehead atoms. The second-order valence-corrected chi connectivity index (χ2v) is 5.11. The van der Waals surface area contributed by atoms with Gasteiger partial charge in [-0.05, 0) is 24.3 Å². The molecule has 0 saturated carbocycles. The van der Waals surface area contributed by atoms with Gasteiger partial charge in [0, 0.05) is 19.3 Å². The van der Waals surface area contributed by atoms with Gasteiger partial charge in [0.25, 0.3) is 0 Å². The van der Waals surface area contributed by atoms with Crippen molar-refractivity contribution in [2.75, 3.05) is 29.5 Å². The molecule has 7 nitrogen and oxygen atoms in total. The summed E-state index contributed by atoms with van der Waals surface area (Å²) in [5.74, 6) is 1.32. The molecular formula is C15H14F3N7. The van der Waals surface area contributed by atoms with Crippen LogP contribution in [0.4, 0.5) is 30.6 Å². The van der Waals surface area contributed by atoms with Crippen molar-refractivity contribution in [3.8, 4) is 0 Å². The van der Waals surface area contributed by atoms with Crippen LogP contribution in [0.5, 0.6) is 0 Å². The summed E-state index contributed by atoms with van der Waals surface area (Å²) in [4.78, 5) is 16.0. The molecule has 10 heteroatoms. The lowest BCUT2D eigenvalue weighted by Crippen LogP contribution is -2.15. The monoisotopic (exact) mass is 349 g/mol. The number of nitrogen functional groups attached to an aromatic ring is 1. The zero-order valence-corrected chi connectivity index (χ0v) is 12.9. The zero-order chi connectivity index (χ0) is 17.9. The third-order valence-corrected chi connectivity index (χ3v) is 3.33. The molecule has 0 aliphatic heterocycles. The molecule has 0 atom stereocenters. The SMILES string of the molecule is Nc1ccc2c(NCCNc3ccc(C(F)(F)F)cn3)ncnc2n1. The molecular weight excluding hydrogens is 335 g/mol. The Balaban J connectivity index is 1.57. The topological polar surface area (TPSA) is 102 Å². The number of alkyl halides is 3. The van der Waals surface area contributed by atoms with Gasteiger partial charge in [-0.25, -0.2) is 19.9 Å². The van der Waals surface area contributed by atoms with Gasteiger partial charge in [-0.3, -0.25) is 0 Å². The average Bonchev–Trinajstić information content (AvgIpc) is 2.58. The van der Waals surface area contributed by atoms with Gasteiger partial charge >= 0.3 is 6.18 Å². The highest BCUT2D eigenvalue weighted by Crippen LogP contribution is 2.28. The first-order valence-corrected chi connectivity index (χ1v) is 7.32. The summed E-state index contributed by atoms with van der Waals surface area (Å²) in [6.07, 6.45) is -2.22. The van der Waals surface area contributed by atoms with Crippen molar-refractivity contribution in [3.63, 3.8) is 0 Å². The number of hydrogen-bond donors (Lipinski definition) is 3. The summed E-state index contributed by atoms with van der Waals surface area (Å²) in [7, 11) is 0. The summed E-state index contributed by atoms with van der Waals surface area (Å²) in [5.41, 5.74) is 5.32. The van der Waals surface area contributed by atoms with E-state index in [0.717, 1.165) is 17.6 Å². The molecule has 0 aliphatic carbocycles. The fourth-order valence-electron chi connectivity index (χ4n) is 2.14. The standard InChI is InChI=1S/C15H14F3N7/c16-15(17,18)9-1-4-12(22-7-9)20-5-6-21-13-10-2-3-11(19)25-14(10)24-8-23-13/h1-4,7-8H,5-6H2,(H,20,22)(H3,19,21,23,24,25). The Morgan fingerprint density at radius 2 is 1.76 bits per heavy atom. The Morgan fingerprint density at radius 3 is 2.48 bits per heavy atom. The lowest BCUT2D eigenvalue weighted by Gasteiger charge is -2.10. The minimum absolute atomic E-state index is 0.358. The Bertz CT molecular complexity index is 865. The van der Waals surface area contributed by atoms with E-state index >= 15 is 0 Å². The first-order valence-electron chi connectivity index (χ1n) is 7.32. The molecule has 0 amide bonds. The maximum Gasteiger partial charge on any atom is 0.417 e. The van der Waals surface area contributed by atoms with Crippen molar-refractivity contribution in [1.82, 2.24) is 19.9 Å². The van der Waals surface area contributed by atoms with Crippen LogP contribution in [-0.4, -0.2) is 33.0 Å². The third-order valence-electron chi connectivity index (χ3n) is 3.33. The molecule has 0 spiro atoms. The second-order valence-electron chi connectivity index (χ2n) is 5.11. The van der Waals surface area contributed by atoms with E-state index in [9.17, 15) is 13.2 Å². The minimum Gasteiger partial charge on any atom is -0.384 e. The van der Waals surface area contributed by atoms with Crippen LogP contribution >= 0.6 is 0 Å². The van der Waals surface area contributed by atoms with Crippen LogP contribution in [0.15, 0.2) is 36.8 Å². The first-order chi connectivity index (χ1) is 11.9. The minimum atomic E-state index is -4.39. The molecule has 25 heavy (non-hydrogen) atoms. The highest BCUT2D eigenvalue weighted by Gasteiger charge is 2.30. The lowest BCUT2D eigenvalue weighted by molar-refractivity contribution is -0.137. The molecule has 0 unspecified atom stereocenters. The van der Waals surface area contributed by atoms with E-state index in [-0.39, 0.29) is 0 Å². The van der Waals surface area contributed by atoms with Crippen LogP contribution in [0, 0.1) is 0 Å². The Labute approximate surface area is 140 Å². The van der Waals surface area contributed by atoms with Crippen LogP contribution < -0.4 is 16.4 Å². The van der Waals surface area contributed by atoms with Crippen LogP contribution in [0.1, 0.15) is 5.56 Å². The van der Waals surface area contributed by atoms with E-state index in [4.69, 9.17) is 5.73 Å². The third kappa shape index (κ3) is 4.03. The number of pyridine rings is 2. The molecule has 3 heterocycles. The van der Waals surface area contributed by atoms with E-state index in [0.29, 0.717) is 36.2 Å². The van der Waals surface area contributed by atoms with E-state index in [1.807, 2.05) is 0 Å². The van der Waals surface area contributed by atoms with Crippen molar-refractivity contribution >= 4 is 28.5 Å². The van der Waals surface area contributed by atoms with Crippen LogP contribution in [0.25, 0.3) is 11.0 Å². The van der Waals surface area contributed by atoms with Crippen molar-refractivity contribution in [1.29, 1.82) is 0 Å². The predicted molar refractivity (Wildman–Crippen MR) is 88.0 cm³/mol. The number of nitrogens with zero attached hydrogens (tertiary/aromatic N) is 4. The van der Waals surface area contributed by atoms with E-state index in [1.54, 1.807) is 12.1 Å². The zero-order valence-electron chi connectivity index (χ0n) is 12.9. The van der Waals surface area contributed by atoms with Crippen molar-refractivity contribution in [2.45, 2.75) is 6.18 Å². The van der Waals surface area contributed by atoms with Gasteiger partial charge in [-0.15, -0.1) is 0 Å². The maximum atomic E-state index is 12.5. The maximum absolute atomic E-state index is 12.5. The normalized spacial score (nSPS) is 11.5. The Kier molecular flexibility index (Phi) is 4.50. The van der Waals surface area contributed by atoms with E-state index in [2.05, 4.69) is 30.6 Å². The number of nitrogens with two attached hydrogens (primary N) is 1. The highest BCUT2D eigenvalue weighted by atomic mass is 19.4. The number of rotatable bonds is 5. The largest absolute Gasteiger partial charge is 0.417 e. The summed E-state index contributed by atoms with van der Waals surface area (Å²) in [5, 5.41) is 6.77. The molecule has 3 aromatic rings. The molecule has 0 aromatic carbocycles. The fourth-order valence-corrected chi connectivity index (χ4v) is 2.14. The van der Waals surface area contributed by atoms with Gasteiger partial charge in [-0.1, -0.05) is 0 Å². The lowest BCUT2D eigenvalue weighted by atomic mass is 10.3. The first kappa shape index (κ1) is 16.7. The number of anilines is 3. The van der Waals surface area contributed by atoms with Crippen molar-refractivity contribution in [3.05, 3.63) is 42.4 Å². The summed E-state index contributed by atoms with van der Waals surface area (Å²) < 4.78 is 37.4. The van der Waals surface area contributed by atoms with Gasteiger partial charge < -0.3 is 16.4 Å². The molecule has 3 rings (SSSR count). The van der Waals surface area contributed by atoms with Crippen molar-refractivity contribution in [2.24, 2.45) is 0 Å². The number of aromatic nitrogens is 4. The molecule has 0 aliphatic rings. The smallest absolute Gasteiger partial charge is 0.384 e. The van der Waals surface area contributed by atoms with Crippen LogP contribution in [-0.2, 0) is 6.18 Å². The quantitative estimate of drug-likeness (QED) is 0.608. The fraction of sp³-hybridized carbons (Fsp3) is 0.200. The number of halogens is 3. The van der Waals surface area contributed by atoms with Gasteiger partial charge in [-0.2, -0.15) is 13.2 Å². The van der Waals surface area contributed by atoms with Gasteiger partial charge in [0.15, 0.2) is 5.65 Å². The molecule has 0 radical (unpaired) electrons. The van der Waals surface area contributed by atoms with Gasteiger partial charge in [0.2, 0.25) is 0 Å². The van der Waals surface area contributed by atoms with Crippen LogP contribution in [0.3, 0.4) is 0 Å². The number of hydrogen-bond acceptors (Lipinski definition) is 7. The predicted octanol–water partition coefficient (Wildman–Crippen LogP) is 2.54. The van der Waals surface area contributed by atoms with E-state index in [1.165, 1.54) is 12.4 Å². The number of nitrogens with one attached hydrogen (secondary N) is 2. The molecule has 3 aromatic heterocycles. The second kappa shape index (κ2) is 6.75. The molecule has 4 N–H and O–H groups in total. The average molecular weight is 349 g/mol. The molecule has 130 valence electrons. The van der Waals surface area contributed by atoms with Crippen LogP contribution in [0.2, 0.25) is 0 Å². The Hall–Kier alpha value is -3.17. The number of fused-ring (bicyclic) bond motifs is 1. The summed E-state index contributed by atoms with van der Waals surface area (Å²) in [6.45, 7) is 0.908. The molecule has 0 saturated heterocycles. The Morgan fingerprint density at radius 1 is 0.960 bits per heavy atom. The van der Waals surface area contributed by atoms with Gasteiger partial charge in [0.1, 0.15) is 23.8 Å². The highest BCUT2D eigenvalue weighted by molar-refractivity contribution is 5.87.